The van der Waals surface area contributed by atoms with E-state index in [0.717, 1.165) is 0 Å². The van der Waals surface area contributed by atoms with Gasteiger partial charge in [0.05, 0.1) is 23.0 Å². The SMILES string of the molecule is O=C(O)c1ccncc1NC(=O)c1cccnc1F. The average molecular weight is 261 g/mol. The van der Waals surface area contributed by atoms with Crippen molar-refractivity contribution in [3.63, 3.8) is 0 Å². The minimum absolute atomic E-state index is 0.0109. The summed E-state index contributed by atoms with van der Waals surface area (Å²) < 4.78 is 13.3. The Morgan fingerprint density at radius 1 is 1.21 bits per heavy atom. The molecule has 2 N–H and O–H groups in total. The fourth-order valence-corrected chi connectivity index (χ4v) is 1.43. The number of carboxylic acids is 1. The molecule has 1 amide bonds. The normalized spacial score (nSPS) is 9.95. The van der Waals surface area contributed by atoms with E-state index in [1.807, 2.05) is 0 Å². The molecule has 0 radical (unpaired) electrons. The highest BCUT2D eigenvalue weighted by molar-refractivity contribution is 6.07. The lowest BCUT2D eigenvalue weighted by Gasteiger charge is -2.07. The number of nitrogens with one attached hydrogen (secondary N) is 1. The maximum absolute atomic E-state index is 13.3. The fraction of sp³-hybridized carbons (Fsp3) is 0. The van der Waals surface area contributed by atoms with Crippen LogP contribution in [0.3, 0.4) is 0 Å². The van der Waals surface area contributed by atoms with Crippen molar-refractivity contribution in [3.8, 4) is 0 Å². The van der Waals surface area contributed by atoms with E-state index < -0.39 is 17.8 Å². The molecule has 2 rings (SSSR count). The van der Waals surface area contributed by atoms with Crippen LogP contribution in [-0.4, -0.2) is 27.0 Å². The summed E-state index contributed by atoms with van der Waals surface area (Å²) >= 11 is 0. The number of hydrogen-bond donors (Lipinski definition) is 2. The quantitative estimate of drug-likeness (QED) is 0.818. The van der Waals surface area contributed by atoms with Gasteiger partial charge in [-0.25, -0.2) is 9.78 Å². The van der Waals surface area contributed by atoms with Gasteiger partial charge in [-0.05, 0) is 18.2 Å². The summed E-state index contributed by atoms with van der Waals surface area (Å²) in [6, 6.07) is 3.88. The van der Waals surface area contributed by atoms with E-state index in [0.29, 0.717) is 0 Å². The molecule has 2 aromatic heterocycles. The number of hydrogen-bond acceptors (Lipinski definition) is 4. The van der Waals surface area contributed by atoms with E-state index in [1.165, 1.54) is 36.8 Å². The number of carbonyl (C=O) groups excluding carboxylic acids is 1. The second-order valence-corrected chi connectivity index (χ2v) is 3.52. The van der Waals surface area contributed by atoms with Gasteiger partial charge in [0, 0.05) is 12.4 Å². The second kappa shape index (κ2) is 5.21. The van der Waals surface area contributed by atoms with Gasteiger partial charge in [0.2, 0.25) is 5.95 Å². The summed E-state index contributed by atoms with van der Waals surface area (Å²) in [4.78, 5) is 29.8. The molecule has 0 saturated carbocycles. The van der Waals surface area contributed by atoms with Crippen molar-refractivity contribution in [2.45, 2.75) is 0 Å². The first-order valence-corrected chi connectivity index (χ1v) is 5.19. The molecule has 0 unspecified atom stereocenters. The first-order valence-electron chi connectivity index (χ1n) is 5.19. The van der Waals surface area contributed by atoms with Crippen molar-refractivity contribution >= 4 is 17.6 Å². The lowest BCUT2D eigenvalue weighted by molar-refractivity contribution is 0.0698. The largest absolute Gasteiger partial charge is 0.478 e. The van der Waals surface area contributed by atoms with Crippen LogP contribution in [0, 0.1) is 5.95 Å². The number of carboxylic acid groups (broad SMARTS) is 1. The van der Waals surface area contributed by atoms with Gasteiger partial charge in [-0.1, -0.05) is 0 Å². The maximum atomic E-state index is 13.3. The van der Waals surface area contributed by atoms with E-state index in [2.05, 4.69) is 15.3 Å². The molecule has 0 saturated heterocycles. The molecule has 0 bridgehead atoms. The number of amides is 1. The summed E-state index contributed by atoms with van der Waals surface area (Å²) in [7, 11) is 0. The number of pyridine rings is 2. The van der Waals surface area contributed by atoms with E-state index >= 15 is 0 Å². The highest BCUT2D eigenvalue weighted by Crippen LogP contribution is 2.15. The molecule has 19 heavy (non-hydrogen) atoms. The topological polar surface area (TPSA) is 92.2 Å². The monoisotopic (exact) mass is 261 g/mol. The third-order valence-corrected chi connectivity index (χ3v) is 2.30. The second-order valence-electron chi connectivity index (χ2n) is 3.52. The van der Waals surface area contributed by atoms with E-state index in [-0.39, 0.29) is 16.8 Å². The molecule has 0 atom stereocenters. The first kappa shape index (κ1) is 12.6. The number of halogens is 1. The van der Waals surface area contributed by atoms with Crippen molar-refractivity contribution in [1.29, 1.82) is 0 Å². The van der Waals surface area contributed by atoms with Gasteiger partial charge in [-0.2, -0.15) is 4.39 Å². The van der Waals surface area contributed by atoms with Crippen molar-refractivity contribution in [3.05, 3.63) is 53.9 Å². The van der Waals surface area contributed by atoms with Crippen LogP contribution in [0.1, 0.15) is 20.7 Å². The Bertz CT molecular complexity index is 646. The third kappa shape index (κ3) is 2.71. The molecule has 0 fully saturated rings. The Morgan fingerprint density at radius 3 is 2.68 bits per heavy atom. The van der Waals surface area contributed by atoms with Crippen molar-refractivity contribution < 1.29 is 19.1 Å². The molecule has 2 heterocycles. The zero-order chi connectivity index (χ0) is 13.8. The van der Waals surface area contributed by atoms with Gasteiger partial charge < -0.3 is 10.4 Å². The van der Waals surface area contributed by atoms with Gasteiger partial charge >= 0.3 is 5.97 Å². The standard InChI is InChI=1S/C12H8FN3O3/c13-10-8(2-1-4-15-10)11(17)16-9-6-14-5-3-7(9)12(18)19/h1-6H,(H,16,17)(H,18,19). The van der Waals surface area contributed by atoms with Crippen LogP contribution in [0.15, 0.2) is 36.8 Å². The van der Waals surface area contributed by atoms with Crippen LogP contribution in [0.25, 0.3) is 0 Å². The van der Waals surface area contributed by atoms with Gasteiger partial charge in [0.25, 0.3) is 5.91 Å². The van der Waals surface area contributed by atoms with Crippen molar-refractivity contribution in [2.24, 2.45) is 0 Å². The first-order chi connectivity index (χ1) is 9.09. The van der Waals surface area contributed by atoms with Gasteiger partial charge in [-0.3, -0.25) is 9.78 Å². The molecular formula is C12H8FN3O3. The van der Waals surface area contributed by atoms with E-state index in [1.54, 1.807) is 0 Å². The molecule has 7 heteroatoms. The molecular weight excluding hydrogens is 253 g/mol. The van der Waals surface area contributed by atoms with Crippen LogP contribution in [0.5, 0.6) is 0 Å². The number of carbonyl (C=O) groups is 2. The maximum Gasteiger partial charge on any atom is 0.337 e. The zero-order valence-corrected chi connectivity index (χ0v) is 9.50. The molecule has 0 aliphatic carbocycles. The molecule has 0 aliphatic heterocycles. The molecule has 96 valence electrons. The predicted octanol–water partition coefficient (Wildman–Crippen LogP) is 1.57. The Labute approximate surface area is 106 Å². The zero-order valence-electron chi connectivity index (χ0n) is 9.50. The average Bonchev–Trinajstić information content (AvgIpc) is 2.39. The van der Waals surface area contributed by atoms with Gasteiger partial charge in [0.15, 0.2) is 0 Å². The fourth-order valence-electron chi connectivity index (χ4n) is 1.43. The lowest BCUT2D eigenvalue weighted by atomic mass is 10.2. The predicted molar refractivity (Wildman–Crippen MR) is 63.3 cm³/mol. The van der Waals surface area contributed by atoms with Crippen LogP contribution in [-0.2, 0) is 0 Å². The van der Waals surface area contributed by atoms with Crippen molar-refractivity contribution in [1.82, 2.24) is 9.97 Å². The highest BCUT2D eigenvalue weighted by atomic mass is 19.1. The number of anilines is 1. The van der Waals surface area contributed by atoms with Gasteiger partial charge in [0.1, 0.15) is 0 Å². The lowest BCUT2D eigenvalue weighted by Crippen LogP contribution is -2.16. The molecule has 0 spiro atoms. The number of rotatable bonds is 3. The molecule has 2 aromatic rings. The number of aromatic carboxylic acids is 1. The Morgan fingerprint density at radius 2 is 2.00 bits per heavy atom. The Balaban J connectivity index is 2.30. The molecule has 0 aromatic carbocycles. The Kier molecular flexibility index (Phi) is 3.46. The summed E-state index contributed by atoms with van der Waals surface area (Å²) in [5.74, 6) is -2.94. The van der Waals surface area contributed by atoms with Gasteiger partial charge in [-0.15, -0.1) is 0 Å². The van der Waals surface area contributed by atoms with Crippen molar-refractivity contribution in [2.75, 3.05) is 5.32 Å². The van der Waals surface area contributed by atoms with E-state index in [4.69, 9.17) is 5.11 Å². The Hall–Kier alpha value is -2.83. The number of nitrogens with zero attached hydrogens (tertiary/aromatic N) is 2. The summed E-state index contributed by atoms with van der Waals surface area (Å²) in [5.41, 5.74) is -0.418. The highest BCUT2D eigenvalue weighted by Gasteiger charge is 2.16. The smallest absolute Gasteiger partial charge is 0.337 e. The minimum atomic E-state index is -1.22. The number of aromatic nitrogens is 2. The van der Waals surface area contributed by atoms with Crippen LogP contribution >= 0.6 is 0 Å². The summed E-state index contributed by atoms with van der Waals surface area (Å²) in [6.45, 7) is 0. The van der Waals surface area contributed by atoms with Crippen LogP contribution < -0.4 is 5.32 Å². The summed E-state index contributed by atoms with van der Waals surface area (Å²) in [5, 5.41) is 11.2. The third-order valence-electron chi connectivity index (χ3n) is 2.30. The summed E-state index contributed by atoms with van der Waals surface area (Å²) in [6.07, 6.45) is 3.66. The molecule has 6 nitrogen and oxygen atoms in total. The van der Waals surface area contributed by atoms with Crippen LogP contribution in [0.4, 0.5) is 10.1 Å². The molecule has 0 aliphatic rings. The minimum Gasteiger partial charge on any atom is -0.478 e. The van der Waals surface area contributed by atoms with E-state index in [9.17, 15) is 14.0 Å². The van der Waals surface area contributed by atoms with Crippen LogP contribution in [0.2, 0.25) is 0 Å².